The Hall–Kier alpha value is -2.82. The first kappa shape index (κ1) is 12.9. The summed E-state index contributed by atoms with van der Waals surface area (Å²) in [6, 6.07) is 8.04. The molecule has 0 atom stereocenters. The summed E-state index contributed by atoms with van der Waals surface area (Å²) in [6.45, 7) is 1.94. The second kappa shape index (κ2) is 4.87. The monoisotopic (exact) mass is 293 g/mol. The van der Waals surface area contributed by atoms with Crippen molar-refractivity contribution in [3.05, 3.63) is 53.5 Å². The van der Waals surface area contributed by atoms with Gasteiger partial charge in [-0.25, -0.2) is 0 Å². The van der Waals surface area contributed by atoms with Gasteiger partial charge in [0.2, 0.25) is 0 Å². The number of aryl methyl sites for hydroxylation is 2. The molecule has 3 aromatic rings. The van der Waals surface area contributed by atoms with E-state index in [4.69, 9.17) is 9.62 Å². The molecule has 0 saturated heterocycles. The highest BCUT2D eigenvalue weighted by molar-refractivity contribution is 6.04. The van der Waals surface area contributed by atoms with Gasteiger partial charge in [0.05, 0.1) is 17.6 Å². The molecule has 2 N–H and O–H groups in total. The number of nitrogens with one attached hydrogen (secondary N) is 1. The summed E-state index contributed by atoms with van der Waals surface area (Å²) in [5.41, 5.74) is 5.74. The van der Waals surface area contributed by atoms with Gasteiger partial charge in [0.1, 0.15) is 5.76 Å². The summed E-state index contributed by atoms with van der Waals surface area (Å²) in [4.78, 5) is 4.08. The van der Waals surface area contributed by atoms with E-state index in [-0.39, 0.29) is 0 Å². The molecule has 1 aromatic carbocycles. The lowest BCUT2D eigenvalue weighted by molar-refractivity contribution is 0.318. The Balaban J connectivity index is 1.73. The number of nitrogens with zero attached hydrogens (tertiary/aromatic N) is 2. The van der Waals surface area contributed by atoms with Crippen LogP contribution in [0.5, 0.6) is 0 Å². The highest BCUT2D eigenvalue weighted by Crippen LogP contribution is 2.33. The zero-order valence-electron chi connectivity index (χ0n) is 12.1. The second-order valence-corrected chi connectivity index (χ2v) is 5.45. The van der Waals surface area contributed by atoms with Gasteiger partial charge in [0.15, 0.2) is 5.58 Å². The van der Waals surface area contributed by atoms with Crippen molar-refractivity contribution in [2.45, 2.75) is 19.8 Å². The molecule has 1 aliphatic carbocycles. The standard InChI is InChI=1S/C17H15N3O2/c1-10-17(14-6-7-18-9-16(14)22-10)19-12-3-4-13-11(8-12)2-5-15(13)20-21/h3-4,6-9,19,21H,2,5H2,1H3/b20-15-. The molecule has 0 saturated carbocycles. The zero-order valence-corrected chi connectivity index (χ0v) is 12.1. The first-order valence-corrected chi connectivity index (χ1v) is 7.20. The summed E-state index contributed by atoms with van der Waals surface area (Å²) in [5.74, 6) is 0.834. The summed E-state index contributed by atoms with van der Waals surface area (Å²) in [6.07, 6.45) is 5.17. The number of pyridine rings is 1. The fourth-order valence-corrected chi connectivity index (χ4v) is 3.02. The van der Waals surface area contributed by atoms with E-state index >= 15 is 0 Å². The number of anilines is 2. The van der Waals surface area contributed by atoms with Gasteiger partial charge in [-0.15, -0.1) is 0 Å². The number of aromatic nitrogens is 1. The highest BCUT2D eigenvalue weighted by Gasteiger charge is 2.19. The van der Waals surface area contributed by atoms with Gasteiger partial charge in [0.25, 0.3) is 0 Å². The first-order valence-electron chi connectivity index (χ1n) is 7.20. The van der Waals surface area contributed by atoms with E-state index < -0.39 is 0 Å². The summed E-state index contributed by atoms with van der Waals surface area (Å²) in [7, 11) is 0. The maximum atomic E-state index is 9.00. The first-order chi connectivity index (χ1) is 10.8. The van der Waals surface area contributed by atoms with Crippen molar-refractivity contribution in [3.63, 3.8) is 0 Å². The minimum atomic E-state index is 0.762. The number of fused-ring (bicyclic) bond motifs is 2. The van der Waals surface area contributed by atoms with Crippen molar-refractivity contribution in [2.24, 2.45) is 5.16 Å². The van der Waals surface area contributed by atoms with Gasteiger partial charge in [-0.3, -0.25) is 4.98 Å². The van der Waals surface area contributed by atoms with Crippen molar-refractivity contribution < 1.29 is 9.62 Å². The van der Waals surface area contributed by atoms with Crippen LogP contribution in [0.15, 0.2) is 46.2 Å². The van der Waals surface area contributed by atoms with E-state index in [0.717, 1.165) is 52.2 Å². The molecule has 110 valence electrons. The van der Waals surface area contributed by atoms with Crippen LogP contribution in [0.3, 0.4) is 0 Å². The molecule has 5 heteroatoms. The van der Waals surface area contributed by atoms with Crippen LogP contribution in [-0.2, 0) is 6.42 Å². The summed E-state index contributed by atoms with van der Waals surface area (Å²) < 4.78 is 5.72. The van der Waals surface area contributed by atoms with Gasteiger partial charge >= 0.3 is 0 Å². The molecule has 2 aromatic heterocycles. The second-order valence-electron chi connectivity index (χ2n) is 5.45. The third-order valence-electron chi connectivity index (χ3n) is 4.11. The maximum absolute atomic E-state index is 9.00. The molecule has 0 radical (unpaired) electrons. The Bertz CT molecular complexity index is 896. The lowest BCUT2D eigenvalue weighted by atomic mass is 10.1. The van der Waals surface area contributed by atoms with Crippen LogP contribution in [0.25, 0.3) is 11.0 Å². The molecule has 0 bridgehead atoms. The molecular formula is C17H15N3O2. The van der Waals surface area contributed by atoms with E-state index in [1.165, 1.54) is 5.56 Å². The SMILES string of the molecule is Cc1oc2cnccc2c1Nc1ccc2c(c1)CC/C2=N/O. The fourth-order valence-electron chi connectivity index (χ4n) is 3.02. The fraction of sp³-hybridized carbons (Fsp3) is 0.176. The smallest absolute Gasteiger partial charge is 0.154 e. The minimum Gasteiger partial charge on any atom is -0.457 e. The van der Waals surface area contributed by atoms with Crippen LogP contribution in [0, 0.1) is 6.92 Å². The van der Waals surface area contributed by atoms with Gasteiger partial charge in [-0.1, -0.05) is 11.2 Å². The topological polar surface area (TPSA) is 70.7 Å². The average molecular weight is 293 g/mol. The molecule has 4 rings (SSSR count). The highest BCUT2D eigenvalue weighted by atomic mass is 16.4. The van der Waals surface area contributed by atoms with Crippen molar-refractivity contribution in [1.29, 1.82) is 0 Å². The maximum Gasteiger partial charge on any atom is 0.154 e. The molecule has 0 spiro atoms. The summed E-state index contributed by atoms with van der Waals surface area (Å²) in [5, 5.41) is 16.8. The Morgan fingerprint density at radius 3 is 3.05 bits per heavy atom. The quantitative estimate of drug-likeness (QED) is 0.553. The minimum absolute atomic E-state index is 0.762. The largest absolute Gasteiger partial charge is 0.457 e. The van der Waals surface area contributed by atoms with Gasteiger partial charge < -0.3 is 14.9 Å². The normalized spacial score (nSPS) is 15.4. The Morgan fingerprint density at radius 2 is 2.18 bits per heavy atom. The number of oxime groups is 1. The van der Waals surface area contributed by atoms with Gasteiger partial charge in [-0.05, 0) is 43.5 Å². The van der Waals surface area contributed by atoms with E-state index in [2.05, 4.69) is 21.5 Å². The molecular weight excluding hydrogens is 278 g/mol. The van der Waals surface area contributed by atoms with Crippen LogP contribution in [0.4, 0.5) is 11.4 Å². The Kier molecular flexibility index (Phi) is 2.85. The predicted octanol–water partition coefficient (Wildman–Crippen LogP) is 4.00. The molecule has 1 aliphatic rings. The number of hydrogen-bond acceptors (Lipinski definition) is 5. The molecule has 22 heavy (non-hydrogen) atoms. The van der Waals surface area contributed by atoms with Crippen LogP contribution < -0.4 is 5.32 Å². The number of rotatable bonds is 2. The molecule has 0 unspecified atom stereocenters. The Labute approximate surface area is 127 Å². The average Bonchev–Trinajstić information content (AvgIpc) is 3.08. The third kappa shape index (κ3) is 1.94. The van der Waals surface area contributed by atoms with Gasteiger partial charge in [-0.2, -0.15) is 0 Å². The number of hydrogen-bond donors (Lipinski definition) is 2. The van der Waals surface area contributed by atoms with Crippen LogP contribution in [0.2, 0.25) is 0 Å². The van der Waals surface area contributed by atoms with E-state index in [1.54, 1.807) is 12.4 Å². The zero-order chi connectivity index (χ0) is 15.1. The number of benzene rings is 1. The molecule has 0 aliphatic heterocycles. The predicted molar refractivity (Wildman–Crippen MR) is 85.1 cm³/mol. The van der Waals surface area contributed by atoms with Crippen molar-refractivity contribution >= 4 is 28.1 Å². The Morgan fingerprint density at radius 1 is 1.27 bits per heavy atom. The van der Waals surface area contributed by atoms with Crippen molar-refractivity contribution in [1.82, 2.24) is 4.98 Å². The van der Waals surface area contributed by atoms with Crippen molar-refractivity contribution in [3.8, 4) is 0 Å². The lowest BCUT2D eigenvalue weighted by Crippen LogP contribution is -1.96. The van der Waals surface area contributed by atoms with Crippen LogP contribution in [0.1, 0.15) is 23.3 Å². The van der Waals surface area contributed by atoms with Crippen molar-refractivity contribution in [2.75, 3.05) is 5.32 Å². The summed E-state index contributed by atoms with van der Waals surface area (Å²) >= 11 is 0. The van der Waals surface area contributed by atoms with Crippen LogP contribution in [-0.4, -0.2) is 15.9 Å². The van der Waals surface area contributed by atoms with E-state index in [1.807, 2.05) is 25.1 Å². The molecule has 0 fully saturated rings. The van der Waals surface area contributed by atoms with E-state index in [0.29, 0.717) is 0 Å². The molecule has 2 heterocycles. The molecule has 0 amide bonds. The third-order valence-corrected chi connectivity index (χ3v) is 4.11. The van der Waals surface area contributed by atoms with Crippen LogP contribution >= 0.6 is 0 Å². The van der Waals surface area contributed by atoms with E-state index in [9.17, 15) is 0 Å². The van der Waals surface area contributed by atoms with Gasteiger partial charge in [0, 0.05) is 22.8 Å². The lowest BCUT2D eigenvalue weighted by Gasteiger charge is -2.08. The molecule has 5 nitrogen and oxygen atoms in total. The number of furan rings is 1.